The molecule has 15 heteroatoms. The molecule has 6 rings (SSSR count). The van der Waals surface area contributed by atoms with Crippen molar-refractivity contribution in [3.63, 3.8) is 0 Å². The Bertz CT molecular complexity index is 2160. The van der Waals surface area contributed by atoms with E-state index in [1.54, 1.807) is 72.8 Å². The van der Waals surface area contributed by atoms with E-state index in [0.717, 1.165) is 45.3 Å². The zero-order valence-electron chi connectivity index (χ0n) is 23.0. The van der Waals surface area contributed by atoms with Gasteiger partial charge in [0.05, 0.1) is 23.8 Å². The number of hydrogen-bond donors (Lipinski definition) is 0. The average Bonchev–Trinajstić information content (AvgIpc) is 3.73. The van der Waals surface area contributed by atoms with Gasteiger partial charge in [0.1, 0.15) is 12.7 Å². The highest BCUT2D eigenvalue weighted by Gasteiger charge is 2.36. The van der Waals surface area contributed by atoms with Gasteiger partial charge in [-0.25, -0.2) is 9.97 Å². The first kappa shape index (κ1) is 30.1. The number of hydrogen-bond acceptors (Lipinski definition) is 10. The van der Waals surface area contributed by atoms with Crippen molar-refractivity contribution in [1.29, 1.82) is 0 Å². The Morgan fingerprint density at radius 3 is 1.22 bits per heavy atom. The molecule has 0 atom stereocenters. The van der Waals surface area contributed by atoms with E-state index in [2.05, 4.69) is 17.2 Å². The second-order valence-electron chi connectivity index (χ2n) is 9.42. The number of nitrogens with zero attached hydrogens (tertiary/aromatic N) is 4. The molecular formula is C30H22N4O8S3. The lowest BCUT2D eigenvalue weighted by molar-refractivity contribution is 0.383. The predicted octanol–water partition coefficient (Wildman–Crippen LogP) is 4.75. The van der Waals surface area contributed by atoms with Crippen LogP contribution in [0.4, 0.5) is 0 Å². The van der Waals surface area contributed by atoms with Crippen molar-refractivity contribution < 1.29 is 32.5 Å². The Labute approximate surface area is 259 Å². The van der Waals surface area contributed by atoms with Crippen LogP contribution in [0.5, 0.6) is 0 Å². The van der Waals surface area contributed by atoms with Gasteiger partial charge >= 0.3 is 30.6 Å². The lowest BCUT2D eigenvalue weighted by atomic mass is 10.0. The molecule has 2 aromatic heterocycles. The topological polar surface area (TPSA) is 157 Å². The van der Waals surface area contributed by atoms with Crippen LogP contribution < -0.4 is 0 Å². The number of para-hydroxylation sites is 2. The fourth-order valence-corrected chi connectivity index (χ4v) is 8.45. The largest absolute Gasteiger partial charge is 0.429 e. The van der Waals surface area contributed by atoms with E-state index < -0.39 is 40.7 Å². The average molecular weight is 663 g/mol. The number of imidazole rings is 2. The van der Waals surface area contributed by atoms with Crippen LogP contribution in [0.3, 0.4) is 0 Å². The van der Waals surface area contributed by atoms with Crippen molar-refractivity contribution in [3.8, 4) is 33.6 Å². The van der Waals surface area contributed by atoms with Gasteiger partial charge in [-0.2, -0.15) is 25.3 Å². The van der Waals surface area contributed by atoms with Gasteiger partial charge in [-0.1, -0.05) is 97.1 Å². The summed E-state index contributed by atoms with van der Waals surface area (Å²) in [6, 6.07) is 31.6. The Balaban J connectivity index is 1.31. The quantitative estimate of drug-likeness (QED) is 0.201. The fraction of sp³-hybridized carbons (Fsp3) is 0. The highest BCUT2D eigenvalue weighted by Crippen LogP contribution is 2.31. The van der Waals surface area contributed by atoms with E-state index in [9.17, 15) is 25.3 Å². The second kappa shape index (κ2) is 11.9. The molecule has 0 aliphatic carbocycles. The van der Waals surface area contributed by atoms with Gasteiger partial charge in [-0.3, -0.25) is 9.13 Å². The third-order valence-corrected chi connectivity index (χ3v) is 11.0. The molecule has 0 spiro atoms. The first-order valence-corrected chi connectivity index (χ1v) is 17.2. The van der Waals surface area contributed by atoms with Gasteiger partial charge in [0.25, 0.3) is 0 Å². The van der Waals surface area contributed by atoms with Crippen LogP contribution in [0.2, 0.25) is 0 Å². The third kappa shape index (κ3) is 6.20. The molecule has 0 amide bonds. The molecule has 0 unspecified atom stereocenters. The molecule has 45 heavy (non-hydrogen) atoms. The molecule has 0 aliphatic rings. The smallest absolute Gasteiger partial charge is 0.287 e. The van der Waals surface area contributed by atoms with E-state index in [0.29, 0.717) is 22.5 Å². The minimum absolute atomic E-state index is 0.343. The summed E-state index contributed by atoms with van der Waals surface area (Å²) >= 11 is 0. The Morgan fingerprint density at radius 2 is 0.822 bits per heavy atom. The summed E-state index contributed by atoms with van der Waals surface area (Å²) in [4.78, 5) is 7.72. The maximum atomic E-state index is 13.3. The van der Waals surface area contributed by atoms with Crippen LogP contribution in [0, 0.1) is 0 Å². The molecule has 12 nitrogen and oxygen atoms in total. The summed E-state index contributed by atoms with van der Waals surface area (Å²) in [5.74, 6) is 0. The fourth-order valence-electron chi connectivity index (χ4n) is 4.69. The van der Waals surface area contributed by atoms with Crippen LogP contribution in [0.1, 0.15) is 0 Å². The molecule has 0 N–H and O–H groups in total. The lowest BCUT2D eigenvalue weighted by Gasteiger charge is -2.14. The predicted molar refractivity (Wildman–Crippen MR) is 163 cm³/mol. The van der Waals surface area contributed by atoms with E-state index in [1.807, 2.05) is 36.4 Å². The van der Waals surface area contributed by atoms with E-state index in [1.165, 1.54) is 0 Å². The Kier molecular flexibility index (Phi) is 7.94. The van der Waals surface area contributed by atoms with Gasteiger partial charge in [0, 0.05) is 11.1 Å². The van der Waals surface area contributed by atoms with Crippen LogP contribution in [-0.4, -0.2) is 44.4 Å². The highest BCUT2D eigenvalue weighted by atomic mass is 32.3. The standard InChI is InChI=1S/C30H22N4O8S3/c35-43(36,29-19-31-21-33(29)27-17-9-7-15-25(27)23-11-3-1-4-12-23)41-45(39,40)42-44(37,38)30-20-32-22-34(30)28-18-10-8-16-26(28)24-13-5-2-6-14-24/h1-22H. The molecule has 0 fully saturated rings. The molecule has 0 saturated carbocycles. The Morgan fingerprint density at radius 1 is 0.467 bits per heavy atom. The zero-order chi connectivity index (χ0) is 31.7. The lowest BCUT2D eigenvalue weighted by Crippen LogP contribution is -2.22. The Hall–Kier alpha value is -4.93. The van der Waals surface area contributed by atoms with E-state index in [-0.39, 0.29) is 0 Å². The minimum atomic E-state index is -5.73. The summed E-state index contributed by atoms with van der Waals surface area (Å²) < 4.78 is 89.8. The third-order valence-electron chi connectivity index (χ3n) is 6.56. The summed E-state index contributed by atoms with van der Waals surface area (Å²) in [5.41, 5.74) is 3.40. The molecule has 0 radical (unpaired) electrons. The normalized spacial score (nSPS) is 12.3. The van der Waals surface area contributed by atoms with Crippen LogP contribution >= 0.6 is 0 Å². The van der Waals surface area contributed by atoms with Crippen molar-refractivity contribution in [2.45, 2.75) is 10.1 Å². The van der Waals surface area contributed by atoms with E-state index >= 15 is 0 Å². The monoisotopic (exact) mass is 662 g/mol. The first-order valence-electron chi connectivity index (χ1n) is 13.1. The summed E-state index contributed by atoms with van der Waals surface area (Å²) in [5, 5.41) is -1.37. The molecule has 0 aliphatic heterocycles. The molecule has 0 saturated heterocycles. The summed E-state index contributed by atoms with van der Waals surface area (Å²) in [6.45, 7) is 0. The van der Waals surface area contributed by atoms with Crippen molar-refractivity contribution in [2.24, 2.45) is 0 Å². The number of rotatable bonds is 10. The molecule has 0 bridgehead atoms. The van der Waals surface area contributed by atoms with Crippen LogP contribution in [0.25, 0.3) is 33.6 Å². The van der Waals surface area contributed by atoms with Crippen molar-refractivity contribution in [3.05, 3.63) is 134 Å². The zero-order valence-corrected chi connectivity index (χ0v) is 25.4. The molecule has 4 aromatic carbocycles. The maximum Gasteiger partial charge on any atom is 0.429 e. The van der Waals surface area contributed by atoms with Gasteiger partial charge in [-0.15, -0.1) is 7.26 Å². The van der Waals surface area contributed by atoms with Crippen LogP contribution in [-0.2, 0) is 37.9 Å². The first-order chi connectivity index (χ1) is 21.6. The van der Waals surface area contributed by atoms with Gasteiger partial charge < -0.3 is 0 Å². The van der Waals surface area contributed by atoms with E-state index in [4.69, 9.17) is 0 Å². The molecule has 6 aromatic rings. The van der Waals surface area contributed by atoms with Gasteiger partial charge in [-0.05, 0) is 23.3 Å². The summed E-state index contributed by atoms with van der Waals surface area (Å²) in [6.07, 6.45) is 4.06. The molecule has 228 valence electrons. The molecule has 2 heterocycles. The highest BCUT2D eigenvalue weighted by molar-refractivity contribution is 8.03. The maximum absolute atomic E-state index is 13.3. The number of benzene rings is 4. The summed E-state index contributed by atoms with van der Waals surface area (Å²) in [7, 11) is -16.1. The van der Waals surface area contributed by atoms with Gasteiger partial charge in [0.15, 0.2) is 10.1 Å². The van der Waals surface area contributed by atoms with Crippen molar-refractivity contribution in [2.75, 3.05) is 0 Å². The molecular weight excluding hydrogens is 641 g/mol. The number of aromatic nitrogens is 4. The van der Waals surface area contributed by atoms with Crippen molar-refractivity contribution >= 4 is 30.6 Å². The minimum Gasteiger partial charge on any atom is -0.287 e. The SMILES string of the molecule is O=S(=O)(OS(=O)(=O)c1cncn1-c1ccccc1-c1ccccc1)OS(=O)(=O)c1cncn1-c1ccccc1-c1ccccc1. The second-order valence-corrected chi connectivity index (χ2v) is 14.0. The van der Waals surface area contributed by atoms with Gasteiger partial charge in [0.2, 0.25) is 0 Å². The van der Waals surface area contributed by atoms with Crippen LogP contribution in [0.15, 0.2) is 144 Å². The van der Waals surface area contributed by atoms with Crippen molar-refractivity contribution in [1.82, 2.24) is 19.1 Å².